The molecular weight excluding hydrogens is 244 g/mol. The minimum atomic E-state index is 0.761. The Morgan fingerprint density at radius 3 is 2.30 bits per heavy atom. The number of rotatable bonds is 10. The molecule has 1 aliphatic rings. The van der Waals surface area contributed by atoms with Crippen LogP contribution in [-0.2, 0) is 0 Å². The van der Waals surface area contributed by atoms with Gasteiger partial charge < -0.3 is 10.2 Å². The second kappa shape index (κ2) is 12.6. The lowest BCUT2D eigenvalue weighted by Crippen LogP contribution is -2.39. The van der Waals surface area contributed by atoms with Crippen LogP contribution in [0.5, 0.6) is 0 Å². The Morgan fingerprint density at radius 1 is 0.900 bits per heavy atom. The van der Waals surface area contributed by atoms with E-state index in [9.17, 15) is 0 Å². The second-order valence-electron chi connectivity index (χ2n) is 6.52. The van der Waals surface area contributed by atoms with E-state index in [1.807, 2.05) is 0 Å². The lowest BCUT2D eigenvalue weighted by molar-refractivity contribution is 0.227. The Bertz CT molecular complexity index is 206. The smallest absolute Gasteiger partial charge is 0.00766 e. The van der Waals surface area contributed by atoms with Crippen LogP contribution in [0, 0.1) is 0 Å². The van der Waals surface area contributed by atoms with Crippen LogP contribution in [0.25, 0.3) is 0 Å². The molecule has 1 heterocycles. The zero-order valence-electron chi connectivity index (χ0n) is 14.1. The summed E-state index contributed by atoms with van der Waals surface area (Å²) in [6.45, 7) is 9.77. The Kier molecular flexibility index (Phi) is 11.4. The van der Waals surface area contributed by atoms with Crippen LogP contribution >= 0.6 is 0 Å². The zero-order chi connectivity index (χ0) is 14.5. The van der Waals surface area contributed by atoms with E-state index in [1.54, 1.807) is 0 Å². The maximum Gasteiger partial charge on any atom is 0.00766 e. The highest BCUT2D eigenvalue weighted by atomic mass is 15.1. The van der Waals surface area contributed by atoms with E-state index >= 15 is 0 Å². The number of nitrogens with zero attached hydrogens (tertiary/aromatic N) is 1. The molecule has 0 saturated carbocycles. The highest BCUT2D eigenvalue weighted by Gasteiger charge is 2.12. The van der Waals surface area contributed by atoms with Gasteiger partial charge in [-0.3, -0.25) is 0 Å². The molecule has 1 fully saturated rings. The summed E-state index contributed by atoms with van der Waals surface area (Å²) in [6.07, 6.45) is 15.4. The molecule has 1 unspecified atom stereocenters. The fourth-order valence-electron chi connectivity index (χ4n) is 3.20. The van der Waals surface area contributed by atoms with Gasteiger partial charge in [-0.05, 0) is 51.9 Å². The monoisotopic (exact) mass is 282 g/mol. The van der Waals surface area contributed by atoms with Crippen LogP contribution < -0.4 is 5.32 Å². The molecule has 0 aromatic heterocycles. The van der Waals surface area contributed by atoms with E-state index < -0.39 is 0 Å². The van der Waals surface area contributed by atoms with Crippen molar-refractivity contribution in [2.24, 2.45) is 0 Å². The molecule has 1 saturated heterocycles. The number of hydrogen-bond acceptors (Lipinski definition) is 2. The highest BCUT2D eigenvalue weighted by molar-refractivity contribution is 4.72. The fourth-order valence-corrected chi connectivity index (χ4v) is 3.20. The molecule has 2 heteroatoms. The van der Waals surface area contributed by atoms with Gasteiger partial charge >= 0.3 is 0 Å². The summed E-state index contributed by atoms with van der Waals surface area (Å²) in [7, 11) is 0. The third-order valence-electron chi connectivity index (χ3n) is 4.70. The molecule has 0 aromatic rings. The second-order valence-corrected chi connectivity index (χ2v) is 6.52. The standard InChI is InChI=1S/C18H38N2/c1-3-5-6-7-8-9-10-11-15-20-16-12-14-19-18(4-2)13-17-20/h18-19H,3-17H2,1-2H3. The summed E-state index contributed by atoms with van der Waals surface area (Å²) >= 11 is 0. The van der Waals surface area contributed by atoms with Gasteiger partial charge in [0.15, 0.2) is 0 Å². The summed E-state index contributed by atoms with van der Waals surface area (Å²) in [5, 5.41) is 3.67. The van der Waals surface area contributed by atoms with Gasteiger partial charge in [0.2, 0.25) is 0 Å². The lowest BCUT2D eigenvalue weighted by atomic mass is 10.1. The van der Waals surface area contributed by atoms with Crippen molar-refractivity contribution >= 4 is 0 Å². The number of nitrogens with one attached hydrogen (secondary N) is 1. The van der Waals surface area contributed by atoms with Crippen LogP contribution in [0.15, 0.2) is 0 Å². The predicted octanol–water partition coefficient (Wildman–Crippen LogP) is 4.59. The third kappa shape index (κ3) is 8.97. The largest absolute Gasteiger partial charge is 0.314 e. The van der Waals surface area contributed by atoms with Crippen LogP contribution in [0.2, 0.25) is 0 Å². The molecule has 0 aromatic carbocycles. The van der Waals surface area contributed by atoms with Crippen molar-refractivity contribution in [1.82, 2.24) is 10.2 Å². The maximum absolute atomic E-state index is 3.67. The average molecular weight is 283 g/mol. The van der Waals surface area contributed by atoms with E-state index in [2.05, 4.69) is 24.1 Å². The molecular formula is C18H38N2. The Labute approximate surface area is 127 Å². The minimum Gasteiger partial charge on any atom is -0.314 e. The Balaban J connectivity index is 1.97. The Morgan fingerprint density at radius 2 is 1.60 bits per heavy atom. The van der Waals surface area contributed by atoms with Crippen LogP contribution in [0.4, 0.5) is 0 Å². The Hall–Kier alpha value is -0.0800. The maximum atomic E-state index is 3.67. The van der Waals surface area contributed by atoms with Crippen molar-refractivity contribution < 1.29 is 0 Å². The topological polar surface area (TPSA) is 15.3 Å². The molecule has 1 rings (SSSR count). The summed E-state index contributed by atoms with van der Waals surface area (Å²) in [6, 6.07) is 0.761. The van der Waals surface area contributed by atoms with E-state index in [0.29, 0.717) is 0 Å². The molecule has 0 spiro atoms. The molecule has 2 nitrogen and oxygen atoms in total. The van der Waals surface area contributed by atoms with Gasteiger partial charge in [0.1, 0.15) is 0 Å². The number of unbranched alkanes of at least 4 members (excludes halogenated alkanes) is 7. The van der Waals surface area contributed by atoms with Crippen LogP contribution in [0.3, 0.4) is 0 Å². The van der Waals surface area contributed by atoms with Gasteiger partial charge in [-0.15, -0.1) is 0 Å². The van der Waals surface area contributed by atoms with Gasteiger partial charge in [0, 0.05) is 6.04 Å². The summed E-state index contributed by atoms with van der Waals surface area (Å²) in [5.74, 6) is 0. The van der Waals surface area contributed by atoms with Crippen LogP contribution in [-0.4, -0.2) is 37.1 Å². The highest BCUT2D eigenvalue weighted by Crippen LogP contribution is 2.10. The van der Waals surface area contributed by atoms with Gasteiger partial charge in [0.25, 0.3) is 0 Å². The first-order valence-corrected chi connectivity index (χ1v) is 9.32. The van der Waals surface area contributed by atoms with Gasteiger partial charge in [-0.1, -0.05) is 58.8 Å². The SMILES string of the molecule is CCCCCCCCCCN1CCCNC(CC)CC1. The number of hydrogen-bond donors (Lipinski definition) is 1. The molecule has 1 aliphatic heterocycles. The quantitative estimate of drug-likeness (QED) is 0.590. The van der Waals surface area contributed by atoms with E-state index in [-0.39, 0.29) is 0 Å². The zero-order valence-corrected chi connectivity index (χ0v) is 14.1. The van der Waals surface area contributed by atoms with Crippen molar-refractivity contribution in [3.63, 3.8) is 0 Å². The van der Waals surface area contributed by atoms with E-state index in [0.717, 1.165) is 6.04 Å². The first-order valence-electron chi connectivity index (χ1n) is 9.32. The fraction of sp³-hybridized carbons (Fsp3) is 1.00. The molecule has 20 heavy (non-hydrogen) atoms. The molecule has 1 N–H and O–H groups in total. The lowest BCUT2D eigenvalue weighted by Gasteiger charge is -2.28. The predicted molar refractivity (Wildman–Crippen MR) is 90.4 cm³/mol. The third-order valence-corrected chi connectivity index (χ3v) is 4.70. The van der Waals surface area contributed by atoms with Gasteiger partial charge in [-0.2, -0.15) is 0 Å². The molecule has 0 amide bonds. The van der Waals surface area contributed by atoms with Crippen molar-refractivity contribution in [3.8, 4) is 0 Å². The average Bonchev–Trinajstić information content (AvgIpc) is 2.44. The van der Waals surface area contributed by atoms with E-state index in [4.69, 9.17) is 0 Å². The van der Waals surface area contributed by atoms with Crippen LogP contribution in [0.1, 0.15) is 84.5 Å². The normalized spacial score (nSPS) is 21.6. The van der Waals surface area contributed by atoms with Crippen molar-refractivity contribution in [2.75, 3.05) is 26.2 Å². The minimum absolute atomic E-state index is 0.761. The molecule has 1 atom stereocenters. The van der Waals surface area contributed by atoms with Crippen molar-refractivity contribution in [2.45, 2.75) is 90.5 Å². The molecule has 0 bridgehead atoms. The van der Waals surface area contributed by atoms with Gasteiger partial charge in [0.05, 0.1) is 0 Å². The molecule has 0 aliphatic carbocycles. The summed E-state index contributed by atoms with van der Waals surface area (Å²) in [4.78, 5) is 2.71. The molecule has 120 valence electrons. The van der Waals surface area contributed by atoms with Crippen molar-refractivity contribution in [3.05, 3.63) is 0 Å². The molecule has 0 radical (unpaired) electrons. The van der Waals surface area contributed by atoms with Gasteiger partial charge in [-0.25, -0.2) is 0 Å². The first-order chi connectivity index (χ1) is 9.86. The van der Waals surface area contributed by atoms with Crippen molar-refractivity contribution in [1.29, 1.82) is 0 Å². The van der Waals surface area contributed by atoms with E-state index in [1.165, 1.54) is 96.8 Å². The first kappa shape index (κ1) is 18.0. The summed E-state index contributed by atoms with van der Waals surface area (Å²) in [5.41, 5.74) is 0. The summed E-state index contributed by atoms with van der Waals surface area (Å²) < 4.78 is 0.